The van der Waals surface area contributed by atoms with Crippen LogP contribution in [0.5, 0.6) is 5.75 Å². The van der Waals surface area contributed by atoms with Crippen molar-refractivity contribution in [2.45, 2.75) is 45.1 Å². The number of hydrogen-bond acceptors (Lipinski definition) is 2. The van der Waals surface area contributed by atoms with Gasteiger partial charge in [-0.25, -0.2) is 0 Å². The van der Waals surface area contributed by atoms with E-state index >= 15 is 0 Å². The van der Waals surface area contributed by atoms with Gasteiger partial charge in [0.05, 0.1) is 0 Å². The van der Waals surface area contributed by atoms with Crippen molar-refractivity contribution in [3.8, 4) is 5.75 Å². The molecule has 1 aromatic rings. The molecule has 0 amide bonds. The van der Waals surface area contributed by atoms with Crippen molar-refractivity contribution in [1.82, 2.24) is 4.90 Å². The first-order chi connectivity index (χ1) is 8.78. The van der Waals surface area contributed by atoms with Gasteiger partial charge in [0.2, 0.25) is 0 Å². The van der Waals surface area contributed by atoms with Gasteiger partial charge >= 0.3 is 0 Å². The molecule has 3 rings (SSSR count). The highest BCUT2D eigenvalue weighted by atomic mass is 16.3. The molecule has 2 atom stereocenters. The Morgan fingerprint density at radius 2 is 2.22 bits per heavy atom. The lowest BCUT2D eigenvalue weighted by Crippen LogP contribution is -2.29. The molecule has 98 valence electrons. The van der Waals surface area contributed by atoms with Crippen LogP contribution >= 0.6 is 0 Å². The number of hydrogen-bond donors (Lipinski definition) is 1. The molecule has 2 nitrogen and oxygen atoms in total. The van der Waals surface area contributed by atoms with E-state index in [1.54, 1.807) is 0 Å². The SMILES string of the molecule is CCC1CCN(C2CCCc3cc(O)ccc32)C1. The number of phenols is 1. The maximum absolute atomic E-state index is 9.61. The zero-order valence-corrected chi connectivity index (χ0v) is 11.2. The summed E-state index contributed by atoms with van der Waals surface area (Å²) in [5.74, 6) is 1.31. The minimum atomic E-state index is 0.419. The maximum atomic E-state index is 9.61. The Bertz CT molecular complexity index is 429. The molecule has 1 aliphatic heterocycles. The Labute approximate surface area is 110 Å². The highest BCUT2D eigenvalue weighted by Crippen LogP contribution is 2.38. The molecular weight excluding hydrogens is 222 g/mol. The lowest BCUT2D eigenvalue weighted by molar-refractivity contribution is 0.213. The number of benzene rings is 1. The number of fused-ring (bicyclic) bond motifs is 1. The second kappa shape index (κ2) is 4.93. The van der Waals surface area contributed by atoms with E-state index in [1.807, 2.05) is 12.1 Å². The van der Waals surface area contributed by atoms with Gasteiger partial charge in [0.15, 0.2) is 0 Å². The third-order valence-electron chi connectivity index (χ3n) is 4.74. The number of aryl methyl sites for hydroxylation is 1. The van der Waals surface area contributed by atoms with Gasteiger partial charge in [0, 0.05) is 12.6 Å². The number of aromatic hydroxyl groups is 1. The van der Waals surface area contributed by atoms with Crippen LogP contribution in [-0.2, 0) is 6.42 Å². The Morgan fingerprint density at radius 1 is 1.33 bits per heavy atom. The van der Waals surface area contributed by atoms with Crippen LogP contribution in [0.4, 0.5) is 0 Å². The summed E-state index contributed by atoms with van der Waals surface area (Å²) in [5.41, 5.74) is 2.84. The molecule has 1 aromatic carbocycles. The molecule has 0 aromatic heterocycles. The van der Waals surface area contributed by atoms with Crippen molar-refractivity contribution in [3.05, 3.63) is 29.3 Å². The normalized spacial score (nSPS) is 28.3. The molecule has 1 aliphatic carbocycles. The Kier molecular flexibility index (Phi) is 3.29. The molecule has 2 heteroatoms. The van der Waals surface area contributed by atoms with Gasteiger partial charge in [-0.05, 0) is 61.4 Å². The lowest BCUT2D eigenvalue weighted by atomic mass is 9.86. The van der Waals surface area contributed by atoms with Crippen LogP contribution in [0.3, 0.4) is 0 Å². The predicted octanol–water partition coefficient (Wildman–Crippen LogP) is 3.50. The van der Waals surface area contributed by atoms with Crippen LogP contribution in [0.1, 0.15) is 49.8 Å². The molecule has 1 saturated heterocycles. The fourth-order valence-electron chi connectivity index (χ4n) is 3.63. The van der Waals surface area contributed by atoms with Crippen molar-refractivity contribution in [2.75, 3.05) is 13.1 Å². The smallest absolute Gasteiger partial charge is 0.115 e. The molecule has 18 heavy (non-hydrogen) atoms. The third kappa shape index (κ3) is 2.14. The van der Waals surface area contributed by atoms with Crippen molar-refractivity contribution >= 4 is 0 Å². The highest BCUT2D eigenvalue weighted by molar-refractivity contribution is 5.38. The molecule has 0 spiro atoms. The Balaban J connectivity index is 1.83. The van der Waals surface area contributed by atoms with Gasteiger partial charge in [0.25, 0.3) is 0 Å². The highest BCUT2D eigenvalue weighted by Gasteiger charge is 2.31. The van der Waals surface area contributed by atoms with Gasteiger partial charge < -0.3 is 5.11 Å². The minimum absolute atomic E-state index is 0.419. The van der Waals surface area contributed by atoms with Crippen molar-refractivity contribution in [1.29, 1.82) is 0 Å². The summed E-state index contributed by atoms with van der Waals surface area (Å²) >= 11 is 0. The summed E-state index contributed by atoms with van der Waals surface area (Å²) in [5, 5.41) is 9.61. The van der Waals surface area contributed by atoms with E-state index in [2.05, 4.69) is 17.9 Å². The average Bonchev–Trinajstić information content (AvgIpc) is 2.86. The van der Waals surface area contributed by atoms with Crippen molar-refractivity contribution in [2.24, 2.45) is 5.92 Å². The molecule has 2 unspecified atom stereocenters. The molecule has 0 saturated carbocycles. The number of rotatable bonds is 2. The van der Waals surface area contributed by atoms with E-state index in [9.17, 15) is 5.11 Å². The fraction of sp³-hybridized carbons (Fsp3) is 0.625. The fourth-order valence-corrected chi connectivity index (χ4v) is 3.63. The van der Waals surface area contributed by atoms with Crippen molar-refractivity contribution < 1.29 is 5.11 Å². The van der Waals surface area contributed by atoms with E-state index in [1.165, 1.54) is 49.9 Å². The van der Waals surface area contributed by atoms with Gasteiger partial charge in [-0.1, -0.05) is 19.4 Å². The summed E-state index contributed by atoms with van der Waals surface area (Å²) in [4.78, 5) is 2.67. The summed E-state index contributed by atoms with van der Waals surface area (Å²) in [7, 11) is 0. The number of nitrogens with zero attached hydrogens (tertiary/aromatic N) is 1. The van der Waals surface area contributed by atoms with E-state index in [4.69, 9.17) is 0 Å². The minimum Gasteiger partial charge on any atom is -0.508 e. The summed E-state index contributed by atoms with van der Waals surface area (Å²) in [6, 6.07) is 6.57. The van der Waals surface area contributed by atoms with Crippen LogP contribution < -0.4 is 0 Å². The zero-order valence-electron chi connectivity index (χ0n) is 11.2. The van der Waals surface area contributed by atoms with Crippen LogP contribution in [0, 0.1) is 5.92 Å². The molecular formula is C16H23NO. The molecule has 1 fully saturated rings. The van der Waals surface area contributed by atoms with Gasteiger partial charge in [-0.15, -0.1) is 0 Å². The van der Waals surface area contributed by atoms with Crippen LogP contribution in [-0.4, -0.2) is 23.1 Å². The number of likely N-dealkylation sites (tertiary alicyclic amines) is 1. The second-order valence-corrected chi connectivity index (χ2v) is 5.85. The summed E-state index contributed by atoms with van der Waals surface area (Å²) in [6.07, 6.45) is 6.35. The Morgan fingerprint density at radius 3 is 3.00 bits per heavy atom. The summed E-state index contributed by atoms with van der Waals surface area (Å²) < 4.78 is 0. The zero-order chi connectivity index (χ0) is 12.5. The molecule has 1 N–H and O–H groups in total. The monoisotopic (exact) mass is 245 g/mol. The largest absolute Gasteiger partial charge is 0.508 e. The van der Waals surface area contributed by atoms with Gasteiger partial charge in [-0.3, -0.25) is 4.90 Å². The molecule has 0 bridgehead atoms. The maximum Gasteiger partial charge on any atom is 0.115 e. The molecule has 0 radical (unpaired) electrons. The first-order valence-electron chi connectivity index (χ1n) is 7.33. The standard InChI is InChI=1S/C16H23NO/c1-2-12-8-9-17(11-12)16-5-3-4-13-10-14(18)6-7-15(13)16/h6-7,10,12,16,18H,2-5,8-9,11H2,1H3. The van der Waals surface area contributed by atoms with Gasteiger partial charge in [-0.2, -0.15) is 0 Å². The second-order valence-electron chi connectivity index (χ2n) is 5.85. The third-order valence-corrected chi connectivity index (χ3v) is 4.74. The first-order valence-corrected chi connectivity index (χ1v) is 7.33. The van der Waals surface area contributed by atoms with Crippen LogP contribution in [0.2, 0.25) is 0 Å². The van der Waals surface area contributed by atoms with E-state index in [-0.39, 0.29) is 0 Å². The van der Waals surface area contributed by atoms with Crippen LogP contribution in [0.25, 0.3) is 0 Å². The topological polar surface area (TPSA) is 23.5 Å². The summed E-state index contributed by atoms with van der Waals surface area (Å²) in [6.45, 7) is 4.83. The van der Waals surface area contributed by atoms with Crippen LogP contribution in [0.15, 0.2) is 18.2 Å². The average molecular weight is 245 g/mol. The van der Waals surface area contributed by atoms with E-state index in [0.29, 0.717) is 11.8 Å². The molecule has 2 aliphatic rings. The van der Waals surface area contributed by atoms with E-state index in [0.717, 1.165) is 12.3 Å². The lowest BCUT2D eigenvalue weighted by Gasteiger charge is -2.33. The number of phenolic OH excluding ortho intramolecular Hbond substituents is 1. The van der Waals surface area contributed by atoms with E-state index < -0.39 is 0 Å². The van der Waals surface area contributed by atoms with Crippen molar-refractivity contribution in [3.63, 3.8) is 0 Å². The Hall–Kier alpha value is -1.02. The first kappa shape index (κ1) is 12.0. The molecule has 1 heterocycles. The quantitative estimate of drug-likeness (QED) is 0.862. The van der Waals surface area contributed by atoms with Gasteiger partial charge in [0.1, 0.15) is 5.75 Å². The predicted molar refractivity (Wildman–Crippen MR) is 73.8 cm³/mol.